The molecule has 0 aromatic carbocycles. The van der Waals surface area contributed by atoms with Crippen LogP contribution in [0.15, 0.2) is 0 Å². The number of aliphatic hydroxyl groups is 2. The average molecular weight is 229 g/mol. The van der Waals surface area contributed by atoms with Gasteiger partial charge in [0.15, 0.2) is 0 Å². The highest BCUT2D eigenvalue weighted by atomic mass is 16.3. The van der Waals surface area contributed by atoms with Crippen LogP contribution in [0.2, 0.25) is 0 Å². The maximum Gasteiger partial charge on any atom is 0.230 e. The normalized spacial score (nSPS) is 25.4. The second-order valence-corrected chi connectivity index (χ2v) is 4.83. The van der Waals surface area contributed by atoms with Gasteiger partial charge in [-0.1, -0.05) is 20.3 Å². The van der Waals surface area contributed by atoms with Crippen LogP contribution < -0.4 is 0 Å². The predicted octanol–water partition coefficient (Wildman–Crippen LogP) is 0.482. The fraction of sp³-hybridized carbons (Fsp3) is 0.917. The molecule has 0 aromatic rings. The van der Waals surface area contributed by atoms with Crippen LogP contribution in [0.4, 0.5) is 0 Å². The molecule has 0 saturated carbocycles. The Kier molecular flexibility index (Phi) is 5.22. The number of carbonyl (C=O) groups excluding carboxylic acids is 1. The van der Waals surface area contributed by atoms with Crippen LogP contribution in [0.5, 0.6) is 0 Å². The first-order chi connectivity index (χ1) is 7.63. The highest BCUT2D eigenvalue weighted by Crippen LogP contribution is 2.27. The number of hydrogen-bond donors (Lipinski definition) is 2. The van der Waals surface area contributed by atoms with Crippen LogP contribution in [-0.2, 0) is 4.79 Å². The van der Waals surface area contributed by atoms with E-state index in [9.17, 15) is 4.79 Å². The van der Waals surface area contributed by atoms with Crippen molar-refractivity contribution >= 4 is 5.91 Å². The van der Waals surface area contributed by atoms with Gasteiger partial charge < -0.3 is 15.1 Å². The first kappa shape index (κ1) is 13.5. The van der Waals surface area contributed by atoms with Crippen LogP contribution in [0, 0.1) is 17.8 Å². The Morgan fingerprint density at radius 2 is 2.00 bits per heavy atom. The molecule has 0 spiro atoms. The molecule has 1 aliphatic heterocycles. The van der Waals surface area contributed by atoms with E-state index in [1.54, 1.807) is 4.90 Å². The number of nitrogens with zero attached hydrogens (tertiary/aromatic N) is 1. The van der Waals surface area contributed by atoms with Gasteiger partial charge in [0.25, 0.3) is 0 Å². The van der Waals surface area contributed by atoms with Crippen molar-refractivity contribution in [2.45, 2.75) is 26.7 Å². The lowest BCUT2D eigenvalue weighted by Gasteiger charge is -2.20. The lowest BCUT2D eigenvalue weighted by Crippen LogP contribution is -2.37. The highest BCUT2D eigenvalue weighted by Gasteiger charge is 2.34. The largest absolute Gasteiger partial charge is 0.395 e. The maximum atomic E-state index is 11.9. The van der Waals surface area contributed by atoms with Crippen molar-refractivity contribution in [1.82, 2.24) is 4.90 Å². The molecule has 0 radical (unpaired) electrons. The average Bonchev–Trinajstić information content (AvgIpc) is 2.63. The summed E-state index contributed by atoms with van der Waals surface area (Å²) in [6, 6.07) is 0. The quantitative estimate of drug-likeness (QED) is 0.721. The van der Waals surface area contributed by atoms with Crippen LogP contribution >= 0.6 is 0 Å². The molecule has 1 amide bonds. The lowest BCUT2D eigenvalue weighted by molar-refractivity contribution is -0.137. The van der Waals surface area contributed by atoms with E-state index in [-0.39, 0.29) is 19.1 Å². The fourth-order valence-corrected chi connectivity index (χ4v) is 2.43. The zero-order valence-electron chi connectivity index (χ0n) is 10.2. The lowest BCUT2D eigenvalue weighted by atomic mass is 9.94. The van der Waals surface area contributed by atoms with Gasteiger partial charge in [-0.05, 0) is 18.3 Å². The zero-order valence-corrected chi connectivity index (χ0v) is 10.2. The summed E-state index contributed by atoms with van der Waals surface area (Å²) < 4.78 is 0. The third-order valence-electron chi connectivity index (χ3n) is 3.53. The van der Waals surface area contributed by atoms with E-state index < -0.39 is 5.92 Å². The molecule has 1 saturated heterocycles. The zero-order chi connectivity index (χ0) is 12.1. The minimum atomic E-state index is -0.632. The molecular formula is C12H23NO3. The van der Waals surface area contributed by atoms with Crippen molar-refractivity contribution < 1.29 is 15.0 Å². The van der Waals surface area contributed by atoms with Crippen molar-refractivity contribution in [2.75, 3.05) is 26.3 Å². The van der Waals surface area contributed by atoms with E-state index in [1.165, 1.54) is 0 Å². The summed E-state index contributed by atoms with van der Waals surface area (Å²) in [6.07, 6.45) is 2.29. The SMILES string of the molecule is CCCC1CN(C(=O)C(CO)CO)CC1C. The van der Waals surface area contributed by atoms with E-state index in [2.05, 4.69) is 13.8 Å². The van der Waals surface area contributed by atoms with E-state index in [4.69, 9.17) is 10.2 Å². The van der Waals surface area contributed by atoms with Crippen molar-refractivity contribution in [3.63, 3.8) is 0 Å². The molecule has 1 aliphatic rings. The number of carbonyl (C=O) groups is 1. The molecule has 1 rings (SSSR count). The van der Waals surface area contributed by atoms with Gasteiger partial charge in [-0.2, -0.15) is 0 Å². The Hall–Kier alpha value is -0.610. The summed E-state index contributed by atoms with van der Waals surface area (Å²) in [5.74, 6) is 0.372. The number of aliphatic hydroxyl groups excluding tert-OH is 2. The van der Waals surface area contributed by atoms with Gasteiger partial charge in [-0.25, -0.2) is 0 Å². The fourth-order valence-electron chi connectivity index (χ4n) is 2.43. The second kappa shape index (κ2) is 6.21. The smallest absolute Gasteiger partial charge is 0.230 e. The molecule has 0 aromatic heterocycles. The molecule has 4 nitrogen and oxygen atoms in total. The van der Waals surface area contributed by atoms with Crippen LogP contribution in [0.1, 0.15) is 26.7 Å². The number of rotatable bonds is 5. The molecule has 1 heterocycles. The molecule has 1 fully saturated rings. The van der Waals surface area contributed by atoms with Crippen LogP contribution in [-0.4, -0.2) is 47.3 Å². The Morgan fingerprint density at radius 1 is 1.38 bits per heavy atom. The van der Waals surface area contributed by atoms with Gasteiger partial charge in [-0.15, -0.1) is 0 Å². The molecule has 0 bridgehead atoms. The molecule has 2 N–H and O–H groups in total. The Bertz CT molecular complexity index is 228. The minimum absolute atomic E-state index is 0.101. The standard InChI is InChI=1S/C12H23NO3/c1-3-4-10-6-13(5-9(10)2)12(16)11(7-14)8-15/h9-11,14-15H,3-8H2,1-2H3. The Balaban J connectivity index is 2.53. The van der Waals surface area contributed by atoms with Gasteiger partial charge in [0.1, 0.15) is 0 Å². The summed E-state index contributed by atoms with van der Waals surface area (Å²) in [5, 5.41) is 18.0. The molecule has 2 unspecified atom stereocenters. The van der Waals surface area contributed by atoms with Gasteiger partial charge in [-0.3, -0.25) is 4.79 Å². The highest BCUT2D eigenvalue weighted by molar-refractivity contribution is 5.79. The van der Waals surface area contributed by atoms with E-state index in [1.807, 2.05) is 0 Å². The number of hydrogen-bond acceptors (Lipinski definition) is 3. The summed E-state index contributed by atoms with van der Waals surface area (Å²) in [7, 11) is 0. The Morgan fingerprint density at radius 3 is 2.50 bits per heavy atom. The summed E-state index contributed by atoms with van der Waals surface area (Å²) in [6.45, 7) is 5.34. The second-order valence-electron chi connectivity index (χ2n) is 4.83. The minimum Gasteiger partial charge on any atom is -0.395 e. The molecule has 4 heteroatoms. The third-order valence-corrected chi connectivity index (χ3v) is 3.53. The van der Waals surface area contributed by atoms with Crippen LogP contribution in [0.25, 0.3) is 0 Å². The molecular weight excluding hydrogens is 206 g/mol. The van der Waals surface area contributed by atoms with E-state index >= 15 is 0 Å². The topological polar surface area (TPSA) is 60.8 Å². The van der Waals surface area contributed by atoms with Gasteiger partial charge in [0, 0.05) is 13.1 Å². The van der Waals surface area contributed by atoms with Gasteiger partial charge in [0.05, 0.1) is 19.1 Å². The van der Waals surface area contributed by atoms with E-state index in [0.717, 1.165) is 25.9 Å². The Labute approximate surface area is 97.3 Å². The van der Waals surface area contributed by atoms with Gasteiger partial charge >= 0.3 is 0 Å². The monoisotopic (exact) mass is 229 g/mol. The van der Waals surface area contributed by atoms with Crippen molar-refractivity contribution in [3.05, 3.63) is 0 Å². The molecule has 94 valence electrons. The number of likely N-dealkylation sites (tertiary alicyclic amines) is 1. The maximum absolute atomic E-state index is 11.9. The first-order valence-electron chi connectivity index (χ1n) is 6.14. The number of amides is 1. The van der Waals surface area contributed by atoms with Crippen molar-refractivity contribution in [1.29, 1.82) is 0 Å². The van der Waals surface area contributed by atoms with E-state index in [0.29, 0.717) is 11.8 Å². The first-order valence-corrected chi connectivity index (χ1v) is 6.14. The summed E-state index contributed by atoms with van der Waals surface area (Å²) in [4.78, 5) is 13.7. The third kappa shape index (κ3) is 2.95. The molecule has 2 atom stereocenters. The molecule has 16 heavy (non-hydrogen) atoms. The van der Waals surface area contributed by atoms with Crippen molar-refractivity contribution in [2.24, 2.45) is 17.8 Å². The van der Waals surface area contributed by atoms with Crippen molar-refractivity contribution in [3.8, 4) is 0 Å². The predicted molar refractivity (Wildman–Crippen MR) is 61.8 cm³/mol. The molecule has 0 aliphatic carbocycles. The van der Waals surface area contributed by atoms with Gasteiger partial charge in [0.2, 0.25) is 5.91 Å². The summed E-state index contributed by atoms with van der Waals surface area (Å²) in [5.41, 5.74) is 0. The summed E-state index contributed by atoms with van der Waals surface area (Å²) >= 11 is 0. The van der Waals surface area contributed by atoms with Crippen LogP contribution in [0.3, 0.4) is 0 Å².